The van der Waals surface area contributed by atoms with Crippen molar-refractivity contribution in [2.75, 3.05) is 11.1 Å². The van der Waals surface area contributed by atoms with E-state index in [1.165, 1.54) is 0 Å². The number of nitrogen functional groups attached to an aromatic ring is 1. The second-order valence-corrected chi connectivity index (χ2v) is 7.10. The van der Waals surface area contributed by atoms with Crippen LogP contribution < -0.4 is 16.8 Å². The van der Waals surface area contributed by atoms with Crippen LogP contribution >= 0.6 is 11.3 Å². The molecule has 1 aromatic heterocycles. The van der Waals surface area contributed by atoms with Crippen LogP contribution in [-0.2, 0) is 6.54 Å². The summed E-state index contributed by atoms with van der Waals surface area (Å²) in [6.45, 7) is 0.590. The predicted octanol–water partition coefficient (Wildman–Crippen LogP) is 4.26. The number of carbonyl (C=O) groups excluding carboxylic acids is 1. The number of benzene rings is 3. The molecule has 0 saturated carbocycles. The number of primary amides is 1. The largest absolute Gasteiger partial charge is 0.398 e. The number of carbonyl (C=O) groups is 1. The number of fused-ring (bicyclic) bond motifs is 1. The number of aromatic nitrogens is 1. The van der Waals surface area contributed by atoms with Crippen LogP contribution in [0.2, 0.25) is 0 Å². The van der Waals surface area contributed by atoms with E-state index in [1.807, 2.05) is 48.0 Å². The molecule has 0 saturated heterocycles. The average molecular weight is 374 g/mol. The Labute approximate surface area is 160 Å². The van der Waals surface area contributed by atoms with Crippen molar-refractivity contribution in [1.82, 2.24) is 4.98 Å². The van der Waals surface area contributed by atoms with Crippen LogP contribution in [0.1, 0.15) is 15.9 Å². The average Bonchev–Trinajstić information content (AvgIpc) is 3.14. The lowest BCUT2D eigenvalue weighted by atomic mass is 9.95. The number of nitrogens with zero attached hydrogens (tertiary/aromatic N) is 1. The summed E-state index contributed by atoms with van der Waals surface area (Å²) in [7, 11) is 0. The van der Waals surface area contributed by atoms with E-state index in [4.69, 9.17) is 11.5 Å². The first-order valence-corrected chi connectivity index (χ1v) is 9.34. The van der Waals surface area contributed by atoms with E-state index in [1.54, 1.807) is 23.5 Å². The number of para-hydroxylation sites is 1. The third-order valence-corrected chi connectivity index (χ3v) is 5.25. The summed E-state index contributed by atoms with van der Waals surface area (Å²) in [5.74, 6) is -0.457. The van der Waals surface area contributed by atoms with Gasteiger partial charge in [0.2, 0.25) is 5.91 Å². The van der Waals surface area contributed by atoms with Crippen LogP contribution in [0.5, 0.6) is 0 Å². The smallest absolute Gasteiger partial charge is 0.248 e. The number of anilines is 2. The van der Waals surface area contributed by atoms with Crippen molar-refractivity contribution in [2.45, 2.75) is 6.54 Å². The predicted molar refractivity (Wildman–Crippen MR) is 112 cm³/mol. The van der Waals surface area contributed by atoms with Gasteiger partial charge in [-0.2, -0.15) is 0 Å². The first-order valence-electron chi connectivity index (χ1n) is 8.46. The Morgan fingerprint density at radius 2 is 1.89 bits per heavy atom. The molecule has 0 radical (unpaired) electrons. The van der Waals surface area contributed by atoms with Gasteiger partial charge in [-0.1, -0.05) is 24.3 Å². The molecule has 5 N–H and O–H groups in total. The molecule has 4 rings (SSSR count). The van der Waals surface area contributed by atoms with Gasteiger partial charge in [0.05, 0.1) is 15.7 Å². The summed E-state index contributed by atoms with van der Waals surface area (Å²) in [5, 5.41) is 3.44. The third kappa shape index (κ3) is 3.47. The Hall–Kier alpha value is -3.38. The number of nitrogens with two attached hydrogens (primary N) is 2. The SMILES string of the molecule is NC(=O)c1ccc(CNc2ccc3ncsc3c2)c(-c2ccccc2N)c1. The number of thiazole rings is 1. The van der Waals surface area contributed by atoms with Gasteiger partial charge in [0, 0.05) is 29.0 Å². The zero-order chi connectivity index (χ0) is 18.8. The third-order valence-electron chi connectivity index (χ3n) is 4.46. The maximum absolute atomic E-state index is 11.6. The van der Waals surface area contributed by atoms with Crippen molar-refractivity contribution in [1.29, 1.82) is 0 Å². The van der Waals surface area contributed by atoms with Crippen LogP contribution in [-0.4, -0.2) is 10.9 Å². The minimum absolute atomic E-state index is 0.457. The Morgan fingerprint density at radius 3 is 2.70 bits per heavy atom. The zero-order valence-corrected chi connectivity index (χ0v) is 15.3. The van der Waals surface area contributed by atoms with E-state index in [9.17, 15) is 4.79 Å². The van der Waals surface area contributed by atoms with Gasteiger partial charge in [0.1, 0.15) is 0 Å². The summed E-state index contributed by atoms with van der Waals surface area (Å²) in [4.78, 5) is 15.9. The van der Waals surface area contributed by atoms with Crippen LogP contribution in [0.15, 0.2) is 66.2 Å². The molecule has 134 valence electrons. The second kappa shape index (κ2) is 7.09. The lowest BCUT2D eigenvalue weighted by Gasteiger charge is -2.14. The van der Waals surface area contributed by atoms with Crippen molar-refractivity contribution in [3.8, 4) is 11.1 Å². The highest BCUT2D eigenvalue weighted by Gasteiger charge is 2.11. The van der Waals surface area contributed by atoms with Crippen molar-refractivity contribution in [3.05, 3.63) is 77.3 Å². The first kappa shape index (κ1) is 17.1. The molecular formula is C21H18N4OS. The number of amides is 1. The van der Waals surface area contributed by atoms with Crippen molar-refractivity contribution < 1.29 is 4.79 Å². The van der Waals surface area contributed by atoms with E-state index in [0.29, 0.717) is 17.8 Å². The molecule has 0 spiro atoms. The molecule has 4 aromatic rings. The molecular weight excluding hydrogens is 356 g/mol. The van der Waals surface area contributed by atoms with E-state index in [2.05, 4.69) is 16.4 Å². The summed E-state index contributed by atoms with van der Waals surface area (Å²) < 4.78 is 1.14. The molecule has 1 heterocycles. The Bertz CT molecular complexity index is 1140. The summed E-state index contributed by atoms with van der Waals surface area (Å²) in [6, 6.07) is 19.2. The highest BCUT2D eigenvalue weighted by Crippen LogP contribution is 2.31. The quantitative estimate of drug-likeness (QED) is 0.455. The summed E-state index contributed by atoms with van der Waals surface area (Å²) >= 11 is 1.61. The fourth-order valence-corrected chi connectivity index (χ4v) is 3.76. The lowest BCUT2D eigenvalue weighted by molar-refractivity contribution is 0.100. The van der Waals surface area contributed by atoms with Crippen molar-refractivity contribution in [2.24, 2.45) is 5.73 Å². The number of rotatable bonds is 5. The normalized spacial score (nSPS) is 10.8. The van der Waals surface area contributed by atoms with E-state index in [0.717, 1.165) is 32.6 Å². The summed E-state index contributed by atoms with van der Waals surface area (Å²) in [6.07, 6.45) is 0. The van der Waals surface area contributed by atoms with Crippen LogP contribution in [0.4, 0.5) is 11.4 Å². The van der Waals surface area contributed by atoms with Gasteiger partial charge in [-0.25, -0.2) is 4.98 Å². The monoisotopic (exact) mass is 374 g/mol. The van der Waals surface area contributed by atoms with Gasteiger partial charge in [0.15, 0.2) is 0 Å². The standard InChI is InChI=1S/C21H18N4OS/c22-18-4-2-1-3-16(18)17-9-13(21(23)26)5-6-14(17)11-24-15-7-8-19-20(10-15)27-12-25-19/h1-10,12,24H,11,22H2,(H2,23,26). The van der Waals surface area contributed by atoms with Gasteiger partial charge < -0.3 is 16.8 Å². The maximum atomic E-state index is 11.6. The molecule has 0 unspecified atom stereocenters. The van der Waals surface area contributed by atoms with E-state index >= 15 is 0 Å². The fourth-order valence-electron chi connectivity index (χ4n) is 3.04. The molecule has 27 heavy (non-hydrogen) atoms. The molecule has 0 aliphatic rings. The van der Waals surface area contributed by atoms with Gasteiger partial charge in [-0.3, -0.25) is 4.79 Å². The highest BCUT2D eigenvalue weighted by atomic mass is 32.1. The molecule has 0 fully saturated rings. The fraction of sp³-hybridized carbons (Fsp3) is 0.0476. The number of hydrogen-bond acceptors (Lipinski definition) is 5. The summed E-state index contributed by atoms with van der Waals surface area (Å²) in [5.41, 5.74) is 19.4. The second-order valence-electron chi connectivity index (χ2n) is 6.21. The molecule has 0 aliphatic carbocycles. The minimum atomic E-state index is -0.457. The van der Waals surface area contributed by atoms with Crippen molar-refractivity contribution in [3.63, 3.8) is 0 Å². The molecule has 5 nitrogen and oxygen atoms in total. The van der Waals surface area contributed by atoms with Gasteiger partial charge >= 0.3 is 0 Å². The Balaban J connectivity index is 1.69. The highest BCUT2D eigenvalue weighted by molar-refractivity contribution is 7.16. The lowest BCUT2D eigenvalue weighted by Crippen LogP contribution is -2.12. The number of nitrogens with one attached hydrogen (secondary N) is 1. The molecule has 0 bridgehead atoms. The zero-order valence-electron chi connectivity index (χ0n) is 14.5. The molecule has 1 amide bonds. The number of hydrogen-bond donors (Lipinski definition) is 3. The Kier molecular flexibility index (Phi) is 4.48. The van der Waals surface area contributed by atoms with Crippen molar-refractivity contribution >= 4 is 38.8 Å². The first-order chi connectivity index (χ1) is 13.1. The van der Waals surface area contributed by atoms with Crippen LogP contribution in [0, 0.1) is 0 Å². The molecule has 0 aliphatic heterocycles. The Morgan fingerprint density at radius 1 is 1.04 bits per heavy atom. The van der Waals surface area contributed by atoms with E-state index < -0.39 is 5.91 Å². The molecule has 6 heteroatoms. The van der Waals surface area contributed by atoms with Gasteiger partial charge in [0.25, 0.3) is 0 Å². The molecule has 3 aromatic carbocycles. The van der Waals surface area contributed by atoms with Crippen LogP contribution in [0.3, 0.4) is 0 Å². The van der Waals surface area contributed by atoms with Gasteiger partial charge in [-0.15, -0.1) is 11.3 Å². The van der Waals surface area contributed by atoms with Crippen LogP contribution in [0.25, 0.3) is 21.3 Å². The molecule has 0 atom stereocenters. The topological polar surface area (TPSA) is 94.0 Å². The minimum Gasteiger partial charge on any atom is -0.398 e. The maximum Gasteiger partial charge on any atom is 0.248 e. The van der Waals surface area contributed by atoms with E-state index in [-0.39, 0.29) is 0 Å². The van der Waals surface area contributed by atoms with Gasteiger partial charge in [-0.05, 0) is 47.5 Å².